The summed E-state index contributed by atoms with van der Waals surface area (Å²) in [5, 5.41) is 14.3. The summed E-state index contributed by atoms with van der Waals surface area (Å²) in [5.74, 6) is 0.149. The molecule has 8 heteroatoms. The molecule has 0 radical (unpaired) electrons. The first kappa shape index (κ1) is 17.6. The SMILES string of the molecule is Cc1ccc(OCC(=O)N/N=C\c2ccc([N+](=O)[O-])cc2)c(Br)c1. The van der Waals surface area contributed by atoms with Gasteiger partial charge in [-0.1, -0.05) is 6.07 Å². The lowest BCUT2D eigenvalue weighted by molar-refractivity contribution is -0.384. The lowest BCUT2D eigenvalue weighted by Crippen LogP contribution is -2.24. The van der Waals surface area contributed by atoms with Crippen LogP contribution in [0.4, 0.5) is 5.69 Å². The van der Waals surface area contributed by atoms with E-state index in [4.69, 9.17) is 4.74 Å². The van der Waals surface area contributed by atoms with Gasteiger partial charge in [-0.05, 0) is 58.2 Å². The van der Waals surface area contributed by atoms with Gasteiger partial charge in [-0.25, -0.2) is 5.43 Å². The Morgan fingerprint density at radius 3 is 2.67 bits per heavy atom. The van der Waals surface area contributed by atoms with Crippen molar-refractivity contribution in [2.24, 2.45) is 5.10 Å². The first-order valence-electron chi connectivity index (χ1n) is 6.91. The summed E-state index contributed by atoms with van der Waals surface area (Å²) in [5.41, 5.74) is 4.02. The minimum Gasteiger partial charge on any atom is -0.483 e. The van der Waals surface area contributed by atoms with E-state index in [-0.39, 0.29) is 12.3 Å². The number of nitrogens with one attached hydrogen (secondary N) is 1. The first-order valence-corrected chi connectivity index (χ1v) is 7.70. The fourth-order valence-electron chi connectivity index (χ4n) is 1.76. The zero-order valence-corrected chi connectivity index (χ0v) is 14.3. The van der Waals surface area contributed by atoms with Gasteiger partial charge in [0.25, 0.3) is 11.6 Å². The van der Waals surface area contributed by atoms with Crippen molar-refractivity contribution >= 4 is 33.7 Å². The van der Waals surface area contributed by atoms with Gasteiger partial charge in [0, 0.05) is 12.1 Å². The number of aryl methyl sites for hydroxylation is 1. The maximum absolute atomic E-state index is 11.7. The maximum Gasteiger partial charge on any atom is 0.277 e. The number of hydrogen-bond donors (Lipinski definition) is 1. The number of benzene rings is 2. The van der Waals surface area contributed by atoms with Crippen LogP contribution in [0.3, 0.4) is 0 Å². The number of ether oxygens (including phenoxy) is 1. The second-order valence-electron chi connectivity index (χ2n) is 4.86. The maximum atomic E-state index is 11.7. The third kappa shape index (κ3) is 5.17. The summed E-state index contributed by atoms with van der Waals surface area (Å²) < 4.78 is 6.16. The van der Waals surface area contributed by atoms with E-state index in [1.165, 1.54) is 30.5 Å². The van der Waals surface area contributed by atoms with Gasteiger partial charge in [-0.2, -0.15) is 5.10 Å². The van der Waals surface area contributed by atoms with E-state index < -0.39 is 10.8 Å². The molecule has 1 amide bonds. The predicted molar refractivity (Wildman–Crippen MR) is 93.2 cm³/mol. The van der Waals surface area contributed by atoms with Crippen LogP contribution in [0.2, 0.25) is 0 Å². The normalized spacial score (nSPS) is 10.6. The molecule has 0 aliphatic carbocycles. The second-order valence-corrected chi connectivity index (χ2v) is 5.72. The van der Waals surface area contributed by atoms with Gasteiger partial charge in [-0.3, -0.25) is 14.9 Å². The molecule has 24 heavy (non-hydrogen) atoms. The van der Waals surface area contributed by atoms with Crippen LogP contribution >= 0.6 is 15.9 Å². The minimum atomic E-state index is -0.483. The van der Waals surface area contributed by atoms with Crippen LogP contribution in [0.25, 0.3) is 0 Å². The van der Waals surface area contributed by atoms with E-state index in [0.717, 1.165) is 10.0 Å². The largest absolute Gasteiger partial charge is 0.483 e. The van der Waals surface area contributed by atoms with Gasteiger partial charge >= 0.3 is 0 Å². The molecule has 0 aliphatic rings. The lowest BCUT2D eigenvalue weighted by atomic mass is 10.2. The number of nitro groups is 1. The summed E-state index contributed by atoms with van der Waals surface area (Å²) in [6.07, 6.45) is 1.39. The van der Waals surface area contributed by atoms with Crippen molar-refractivity contribution in [2.75, 3.05) is 6.61 Å². The predicted octanol–water partition coefficient (Wildman–Crippen LogP) is 3.19. The van der Waals surface area contributed by atoms with Gasteiger partial charge in [0.1, 0.15) is 5.75 Å². The Morgan fingerprint density at radius 2 is 2.04 bits per heavy atom. The van der Waals surface area contributed by atoms with Crippen molar-refractivity contribution in [3.8, 4) is 5.75 Å². The molecule has 1 N–H and O–H groups in total. The van der Waals surface area contributed by atoms with Crippen LogP contribution in [0, 0.1) is 17.0 Å². The van der Waals surface area contributed by atoms with Crippen LogP contribution < -0.4 is 10.2 Å². The zero-order valence-electron chi connectivity index (χ0n) is 12.7. The van der Waals surface area contributed by atoms with E-state index in [1.807, 2.05) is 19.1 Å². The van der Waals surface area contributed by atoms with Crippen molar-refractivity contribution in [1.82, 2.24) is 5.43 Å². The molecular formula is C16H14BrN3O4. The van der Waals surface area contributed by atoms with Crippen molar-refractivity contribution in [3.05, 3.63) is 68.2 Å². The van der Waals surface area contributed by atoms with Crippen LogP contribution in [-0.4, -0.2) is 23.7 Å². The number of halogens is 1. The molecule has 2 rings (SSSR count). The van der Waals surface area contributed by atoms with Crippen molar-refractivity contribution < 1.29 is 14.5 Å². The highest BCUT2D eigenvalue weighted by Crippen LogP contribution is 2.25. The summed E-state index contributed by atoms with van der Waals surface area (Å²) in [4.78, 5) is 21.7. The lowest BCUT2D eigenvalue weighted by Gasteiger charge is -2.07. The summed E-state index contributed by atoms with van der Waals surface area (Å²) in [6.45, 7) is 1.77. The first-order chi connectivity index (χ1) is 11.5. The van der Waals surface area contributed by atoms with Gasteiger partial charge in [0.15, 0.2) is 6.61 Å². The monoisotopic (exact) mass is 391 g/mol. The van der Waals surface area contributed by atoms with Gasteiger partial charge < -0.3 is 4.74 Å². The Hall–Kier alpha value is -2.74. The topological polar surface area (TPSA) is 93.8 Å². The van der Waals surface area contributed by atoms with Crippen LogP contribution in [0.15, 0.2) is 52.0 Å². The van der Waals surface area contributed by atoms with E-state index in [2.05, 4.69) is 26.5 Å². The highest BCUT2D eigenvalue weighted by molar-refractivity contribution is 9.10. The molecule has 0 bridgehead atoms. The average Bonchev–Trinajstić information content (AvgIpc) is 2.54. The van der Waals surface area contributed by atoms with Crippen molar-refractivity contribution in [2.45, 2.75) is 6.92 Å². The average molecular weight is 392 g/mol. The molecule has 0 unspecified atom stereocenters. The third-order valence-electron chi connectivity index (χ3n) is 2.95. The van der Waals surface area contributed by atoms with E-state index in [9.17, 15) is 14.9 Å². The minimum absolute atomic E-state index is 0.00624. The van der Waals surface area contributed by atoms with E-state index in [1.54, 1.807) is 6.07 Å². The number of rotatable bonds is 6. The standard InChI is InChI=1S/C16H14BrN3O4/c1-11-2-7-15(14(17)8-11)24-10-16(21)19-18-9-12-3-5-13(6-4-12)20(22)23/h2-9H,10H2,1H3,(H,19,21)/b18-9-. The quantitative estimate of drug-likeness (QED) is 0.464. The Kier molecular flexibility index (Phi) is 6.02. The number of amides is 1. The number of hydrazone groups is 1. The van der Waals surface area contributed by atoms with Crippen molar-refractivity contribution in [1.29, 1.82) is 0 Å². The molecule has 0 spiro atoms. The number of carbonyl (C=O) groups excluding carboxylic acids is 1. The molecule has 0 aromatic heterocycles. The third-order valence-corrected chi connectivity index (χ3v) is 3.57. The Morgan fingerprint density at radius 1 is 1.33 bits per heavy atom. The van der Waals surface area contributed by atoms with Crippen LogP contribution in [-0.2, 0) is 4.79 Å². The van der Waals surface area contributed by atoms with E-state index >= 15 is 0 Å². The zero-order chi connectivity index (χ0) is 17.5. The van der Waals surface area contributed by atoms with Gasteiger partial charge in [0.05, 0.1) is 15.6 Å². The molecule has 0 atom stereocenters. The number of non-ortho nitro benzene ring substituents is 1. The second kappa shape index (κ2) is 8.21. The molecule has 0 aliphatic heterocycles. The molecule has 2 aromatic carbocycles. The number of hydrogen-bond acceptors (Lipinski definition) is 5. The van der Waals surface area contributed by atoms with Gasteiger partial charge in [0.2, 0.25) is 0 Å². The highest BCUT2D eigenvalue weighted by atomic mass is 79.9. The molecular weight excluding hydrogens is 378 g/mol. The Balaban J connectivity index is 1.83. The summed E-state index contributed by atoms with van der Waals surface area (Å²) in [6, 6.07) is 11.3. The van der Waals surface area contributed by atoms with Crippen LogP contribution in [0.5, 0.6) is 5.75 Å². The summed E-state index contributed by atoms with van der Waals surface area (Å²) >= 11 is 3.36. The van der Waals surface area contributed by atoms with Gasteiger partial charge in [-0.15, -0.1) is 0 Å². The Bertz CT molecular complexity index is 775. The fraction of sp³-hybridized carbons (Fsp3) is 0.125. The highest BCUT2D eigenvalue weighted by Gasteiger charge is 2.05. The Labute approximate surface area is 146 Å². The number of carbonyl (C=O) groups is 1. The summed E-state index contributed by atoms with van der Waals surface area (Å²) in [7, 11) is 0. The fourth-order valence-corrected chi connectivity index (χ4v) is 2.37. The number of nitrogens with zero attached hydrogens (tertiary/aromatic N) is 2. The molecule has 0 fully saturated rings. The molecule has 0 saturated heterocycles. The molecule has 0 heterocycles. The van der Waals surface area contributed by atoms with Crippen LogP contribution in [0.1, 0.15) is 11.1 Å². The molecule has 7 nitrogen and oxygen atoms in total. The molecule has 2 aromatic rings. The van der Waals surface area contributed by atoms with E-state index in [0.29, 0.717) is 11.3 Å². The molecule has 124 valence electrons. The smallest absolute Gasteiger partial charge is 0.277 e. The van der Waals surface area contributed by atoms with Crippen molar-refractivity contribution in [3.63, 3.8) is 0 Å². The molecule has 0 saturated carbocycles. The number of nitro benzene ring substituents is 1.